The van der Waals surface area contributed by atoms with Crippen LogP contribution in [-0.2, 0) is 6.54 Å². The van der Waals surface area contributed by atoms with E-state index in [0.717, 1.165) is 30.5 Å². The summed E-state index contributed by atoms with van der Waals surface area (Å²) in [6.45, 7) is 13.1. The Morgan fingerprint density at radius 2 is 2.00 bits per heavy atom. The fourth-order valence-corrected chi connectivity index (χ4v) is 1.82. The maximum atomic E-state index is 5.63. The average Bonchev–Trinajstić information content (AvgIpc) is 2.43. The summed E-state index contributed by atoms with van der Waals surface area (Å²) >= 11 is 0. The summed E-state index contributed by atoms with van der Waals surface area (Å²) in [5, 5.41) is 3.45. The first-order valence-electron chi connectivity index (χ1n) is 7.37. The smallest absolute Gasteiger partial charge is 0.161 e. The van der Waals surface area contributed by atoms with Crippen LogP contribution in [0.1, 0.15) is 32.8 Å². The molecular formula is C17H28ClNO2. The Kier molecular flexibility index (Phi) is 10.8. The average molecular weight is 314 g/mol. The van der Waals surface area contributed by atoms with E-state index in [-0.39, 0.29) is 12.4 Å². The van der Waals surface area contributed by atoms with E-state index < -0.39 is 0 Å². The molecule has 0 bridgehead atoms. The van der Waals surface area contributed by atoms with E-state index in [0.29, 0.717) is 13.2 Å². The molecule has 0 atom stereocenters. The Hall–Kier alpha value is -1.19. The van der Waals surface area contributed by atoms with Crippen LogP contribution in [0.3, 0.4) is 0 Å². The highest BCUT2D eigenvalue weighted by Crippen LogP contribution is 2.28. The standard InChI is InChI=1S/C17H27NO2.ClH/c1-5-11-20-16-8-7-15(12-17(16)19-6-2)13-18-10-9-14(3)4;/h5,7-8,12,14,18H,1,6,9-11,13H2,2-4H3;1H. The third-order valence-electron chi connectivity index (χ3n) is 2.89. The van der Waals surface area contributed by atoms with Gasteiger partial charge in [-0.2, -0.15) is 0 Å². The number of rotatable bonds is 10. The quantitative estimate of drug-likeness (QED) is 0.518. The van der Waals surface area contributed by atoms with Gasteiger partial charge in [-0.3, -0.25) is 0 Å². The zero-order chi connectivity index (χ0) is 14.8. The van der Waals surface area contributed by atoms with Crippen molar-refractivity contribution >= 4 is 12.4 Å². The van der Waals surface area contributed by atoms with Crippen LogP contribution in [0.15, 0.2) is 30.9 Å². The molecule has 120 valence electrons. The van der Waals surface area contributed by atoms with Gasteiger partial charge in [0.2, 0.25) is 0 Å². The van der Waals surface area contributed by atoms with E-state index in [1.165, 1.54) is 12.0 Å². The molecule has 0 heterocycles. The Labute approximate surface area is 135 Å². The van der Waals surface area contributed by atoms with Crippen LogP contribution in [0, 0.1) is 5.92 Å². The highest BCUT2D eigenvalue weighted by molar-refractivity contribution is 5.85. The maximum absolute atomic E-state index is 5.63. The molecule has 0 saturated heterocycles. The lowest BCUT2D eigenvalue weighted by atomic mass is 10.1. The molecule has 1 N–H and O–H groups in total. The normalized spacial score (nSPS) is 10.1. The molecule has 1 aromatic carbocycles. The summed E-state index contributed by atoms with van der Waals surface area (Å²) in [6, 6.07) is 6.08. The van der Waals surface area contributed by atoms with Crippen LogP contribution < -0.4 is 14.8 Å². The molecule has 4 heteroatoms. The van der Waals surface area contributed by atoms with Gasteiger partial charge in [-0.05, 0) is 43.5 Å². The maximum Gasteiger partial charge on any atom is 0.161 e. The van der Waals surface area contributed by atoms with Crippen LogP contribution in [-0.4, -0.2) is 19.8 Å². The van der Waals surface area contributed by atoms with Gasteiger partial charge in [0.1, 0.15) is 6.61 Å². The summed E-state index contributed by atoms with van der Waals surface area (Å²) in [6.07, 6.45) is 2.93. The minimum absolute atomic E-state index is 0. The molecule has 1 aromatic rings. The molecule has 0 aliphatic carbocycles. The summed E-state index contributed by atoms with van der Waals surface area (Å²) in [7, 11) is 0. The first kappa shape index (κ1) is 19.8. The molecule has 0 spiro atoms. The van der Waals surface area contributed by atoms with Gasteiger partial charge < -0.3 is 14.8 Å². The van der Waals surface area contributed by atoms with Crippen molar-refractivity contribution in [3.8, 4) is 11.5 Å². The van der Waals surface area contributed by atoms with E-state index in [4.69, 9.17) is 9.47 Å². The van der Waals surface area contributed by atoms with E-state index in [1.807, 2.05) is 19.1 Å². The van der Waals surface area contributed by atoms with Crippen LogP contribution in [0.25, 0.3) is 0 Å². The molecule has 0 amide bonds. The largest absolute Gasteiger partial charge is 0.490 e. The van der Waals surface area contributed by atoms with E-state index in [9.17, 15) is 0 Å². The molecule has 0 aliphatic rings. The van der Waals surface area contributed by atoms with Gasteiger partial charge in [0, 0.05) is 6.54 Å². The molecular weight excluding hydrogens is 286 g/mol. The van der Waals surface area contributed by atoms with Gasteiger partial charge in [-0.1, -0.05) is 32.6 Å². The van der Waals surface area contributed by atoms with Gasteiger partial charge in [0.25, 0.3) is 0 Å². The molecule has 1 rings (SSSR count). The van der Waals surface area contributed by atoms with E-state index in [2.05, 4.69) is 31.8 Å². The second-order valence-corrected chi connectivity index (χ2v) is 5.17. The van der Waals surface area contributed by atoms with Gasteiger partial charge in [0.15, 0.2) is 11.5 Å². The van der Waals surface area contributed by atoms with Crippen LogP contribution in [0.5, 0.6) is 11.5 Å². The zero-order valence-corrected chi connectivity index (χ0v) is 14.2. The van der Waals surface area contributed by atoms with E-state index in [1.54, 1.807) is 6.08 Å². The van der Waals surface area contributed by atoms with Crippen molar-refractivity contribution in [2.45, 2.75) is 33.7 Å². The van der Waals surface area contributed by atoms with Gasteiger partial charge in [-0.25, -0.2) is 0 Å². The molecule has 3 nitrogen and oxygen atoms in total. The van der Waals surface area contributed by atoms with Crippen LogP contribution in [0.4, 0.5) is 0 Å². The summed E-state index contributed by atoms with van der Waals surface area (Å²) in [5.41, 5.74) is 1.21. The van der Waals surface area contributed by atoms with Crippen molar-refractivity contribution in [2.75, 3.05) is 19.8 Å². The molecule has 0 aliphatic heterocycles. The Morgan fingerprint density at radius 3 is 2.62 bits per heavy atom. The number of hydrogen-bond donors (Lipinski definition) is 1. The van der Waals surface area contributed by atoms with Crippen molar-refractivity contribution in [1.29, 1.82) is 0 Å². The molecule has 0 aromatic heterocycles. The lowest BCUT2D eigenvalue weighted by Gasteiger charge is -2.13. The van der Waals surface area contributed by atoms with Crippen LogP contribution in [0.2, 0.25) is 0 Å². The van der Waals surface area contributed by atoms with Crippen molar-refractivity contribution in [3.05, 3.63) is 36.4 Å². The number of nitrogens with one attached hydrogen (secondary N) is 1. The van der Waals surface area contributed by atoms with Gasteiger partial charge in [-0.15, -0.1) is 12.4 Å². The third-order valence-corrected chi connectivity index (χ3v) is 2.89. The van der Waals surface area contributed by atoms with Gasteiger partial charge in [0.05, 0.1) is 6.61 Å². The molecule has 21 heavy (non-hydrogen) atoms. The minimum Gasteiger partial charge on any atom is -0.490 e. The van der Waals surface area contributed by atoms with Gasteiger partial charge >= 0.3 is 0 Å². The van der Waals surface area contributed by atoms with Crippen molar-refractivity contribution in [2.24, 2.45) is 5.92 Å². The van der Waals surface area contributed by atoms with Crippen molar-refractivity contribution < 1.29 is 9.47 Å². The number of ether oxygens (including phenoxy) is 2. The lowest BCUT2D eigenvalue weighted by Crippen LogP contribution is -2.16. The summed E-state index contributed by atoms with van der Waals surface area (Å²) < 4.78 is 11.2. The fraction of sp³-hybridized carbons (Fsp3) is 0.529. The lowest BCUT2D eigenvalue weighted by molar-refractivity contribution is 0.296. The predicted molar refractivity (Wildman–Crippen MR) is 91.7 cm³/mol. The zero-order valence-electron chi connectivity index (χ0n) is 13.4. The molecule has 0 unspecified atom stereocenters. The summed E-state index contributed by atoms with van der Waals surface area (Å²) in [5.74, 6) is 2.31. The summed E-state index contributed by atoms with van der Waals surface area (Å²) in [4.78, 5) is 0. The number of halogens is 1. The Balaban J connectivity index is 0.00000400. The fourth-order valence-electron chi connectivity index (χ4n) is 1.82. The highest BCUT2D eigenvalue weighted by atomic mass is 35.5. The topological polar surface area (TPSA) is 30.5 Å². The SMILES string of the molecule is C=CCOc1ccc(CNCCC(C)C)cc1OCC.Cl. The third kappa shape index (κ3) is 7.98. The molecule has 0 fully saturated rings. The highest BCUT2D eigenvalue weighted by Gasteiger charge is 2.06. The van der Waals surface area contributed by atoms with E-state index >= 15 is 0 Å². The Morgan fingerprint density at radius 1 is 1.24 bits per heavy atom. The monoisotopic (exact) mass is 313 g/mol. The predicted octanol–water partition coefficient (Wildman–Crippen LogP) is 4.21. The Bertz CT molecular complexity index is 408. The number of hydrogen-bond acceptors (Lipinski definition) is 3. The van der Waals surface area contributed by atoms with Crippen molar-refractivity contribution in [1.82, 2.24) is 5.32 Å². The molecule has 0 radical (unpaired) electrons. The van der Waals surface area contributed by atoms with Crippen molar-refractivity contribution in [3.63, 3.8) is 0 Å². The molecule has 0 saturated carbocycles. The first-order chi connectivity index (χ1) is 9.67. The second kappa shape index (κ2) is 11.5. The minimum atomic E-state index is 0. The van der Waals surface area contributed by atoms with Crippen LogP contribution >= 0.6 is 12.4 Å². The first-order valence-corrected chi connectivity index (χ1v) is 7.37. The number of benzene rings is 1. The second-order valence-electron chi connectivity index (χ2n) is 5.17.